The molecule has 0 radical (unpaired) electrons. The van der Waals surface area contributed by atoms with Gasteiger partial charge in [0.1, 0.15) is 0 Å². The number of ketones is 1. The number of rotatable bonds is 4. The van der Waals surface area contributed by atoms with Crippen molar-refractivity contribution in [1.29, 1.82) is 0 Å². The second-order valence-corrected chi connectivity index (χ2v) is 7.66. The Bertz CT molecular complexity index is 1130. The lowest BCUT2D eigenvalue weighted by Gasteiger charge is -2.20. The molecule has 0 saturated carbocycles. The maximum absolute atomic E-state index is 13.3. The number of benzene rings is 3. The van der Waals surface area contributed by atoms with E-state index >= 15 is 0 Å². The predicted octanol–water partition coefficient (Wildman–Crippen LogP) is 6.13. The number of Topliss-reactive ketones (excluding diaryl/α,β-unsaturated/α-hetero) is 1. The summed E-state index contributed by atoms with van der Waals surface area (Å²) in [6.45, 7) is 1.51. The summed E-state index contributed by atoms with van der Waals surface area (Å²) >= 11 is 7.40. The Labute approximate surface area is 171 Å². The fourth-order valence-electron chi connectivity index (χ4n) is 2.84. The number of amides is 1. The summed E-state index contributed by atoms with van der Waals surface area (Å²) in [6.07, 6.45) is 0. The Morgan fingerprint density at radius 2 is 1.54 bits per heavy atom. The van der Waals surface area contributed by atoms with Gasteiger partial charge in [0.05, 0.1) is 15.9 Å². The number of aromatic nitrogens is 1. The van der Waals surface area contributed by atoms with E-state index < -0.39 is 0 Å². The Morgan fingerprint density at radius 3 is 2.18 bits per heavy atom. The summed E-state index contributed by atoms with van der Waals surface area (Å²) in [5, 5.41) is 1.13. The van der Waals surface area contributed by atoms with Crippen LogP contribution in [0.15, 0.2) is 72.8 Å². The van der Waals surface area contributed by atoms with Crippen LogP contribution in [-0.2, 0) is 0 Å². The van der Waals surface area contributed by atoms with Crippen molar-refractivity contribution in [2.24, 2.45) is 0 Å². The molecule has 0 fully saturated rings. The number of anilines is 2. The molecule has 138 valence electrons. The topological polar surface area (TPSA) is 50.3 Å². The van der Waals surface area contributed by atoms with E-state index in [0.717, 1.165) is 10.2 Å². The van der Waals surface area contributed by atoms with E-state index in [0.29, 0.717) is 27.0 Å². The molecular formula is C22H15ClN2O2S. The van der Waals surface area contributed by atoms with Crippen LogP contribution in [0.2, 0.25) is 5.02 Å². The van der Waals surface area contributed by atoms with E-state index in [1.807, 2.05) is 24.3 Å². The molecule has 0 unspecified atom stereocenters. The quantitative estimate of drug-likeness (QED) is 0.383. The Morgan fingerprint density at radius 1 is 0.893 bits per heavy atom. The number of carbonyl (C=O) groups is 2. The van der Waals surface area contributed by atoms with Gasteiger partial charge >= 0.3 is 0 Å². The maximum Gasteiger partial charge on any atom is 0.264 e. The molecule has 0 bridgehead atoms. The third-order valence-corrected chi connectivity index (χ3v) is 5.57. The van der Waals surface area contributed by atoms with Crippen LogP contribution in [-0.4, -0.2) is 16.7 Å². The Balaban J connectivity index is 1.83. The summed E-state index contributed by atoms with van der Waals surface area (Å²) in [5.41, 5.74) is 2.56. The van der Waals surface area contributed by atoms with Crippen molar-refractivity contribution in [3.8, 4) is 0 Å². The minimum absolute atomic E-state index is 0.0258. The van der Waals surface area contributed by atoms with E-state index in [2.05, 4.69) is 4.98 Å². The van der Waals surface area contributed by atoms with Gasteiger partial charge in [-0.05, 0) is 67.6 Å². The summed E-state index contributed by atoms with van der Waals surface area (Å²) in [7, 11) is 0. The standard InChI is InChI=1S/C22H15ClN2O2S/c1-14(26)15-8-12-18(13-9-15)25(21(27)16-6-10-17(23)11-7-16)22-24-19-4-2-3-5-20(19)28-22/h2-13H,1H3. The highest BCUT2D eigenvalue weighted by Gasteiger charge is 2.23. The largest absolute Gasteiger partial charge is 0.295 e. The second-order valence-electron chi connectivity index (χ2n) is 6.21. The van der Waals surface area contributed by atoms with E-state index in [1.54, 1.807) is 53.4 Å². The summed E-state index contributed by atoms with van der Waals surface area (Å²) in [4.78, 5) is 31.1. The van der Waals surface area contributed by atoms with Crippen LogP contribution >= 0.6 is 22.9 Å². The molecule has 4 nitrogen and oxygen atoms in total. The summed E-state index contributed by atoms with van der Waals surface area (Å²) in [6, 6.07) is 21.4. The zero-order valence-electron chi connectivity index (χ0n) is 14.9. The second kappa shape index (κ2) is 7.54. The van der Waals surface area contributed by atoms with Crippen LogP contribution in [0.25, 0.3) is 10.2 Å². The molecule has 6 heteroatoms. The predicted molar refractivity (Wildman–Crippen MR) is 114 cm³/mol. The number of carbonyl (C=O) groups excluding carboxylic acids is 2. The number of thiazole rings is 1. The molecule has 4 rings (SSSR count). The molecule has 1 aromatic heterocycles. The van der Waals surface area contributed by atoms with Gasteiger partial charge in [-0.2, -0.15) is 0 Å². The third kappa shape index (κ3) is 3.54. The molecular weight excluding hydrogens is 392 g/mol. The lowest BCUT2D eigenvalue weighted by atomic mass is 10.1. The highest BCUT2D eigenvalue weighted by atomic mass is 35.5. The van der Waals surface area contributed by atoms with Gasteiger partial charge in [0, 0.05) is 16.1 Å². The number of para-hydroxylation sites is 1. The first-order chi connectivity index (χ1) is 13.5. The molecule has 0 aliphatic rings. The number of hydrogen-bond acceptors (Lipinski definition) is 4. The van der Waals surface area contributed by atoms with Crippen LogP contribution in [0.3, 0.4) is 0 Å². The first-order valence-corrected chi connectivity index (χ1v) is 9.79. The van der Waals surface area contributed by atoms with Crippen molar-refractivity contribution >= 4 is 55.7 Å². The van der Waals surface area contributed by atoms with E-state index in [-0.39, 0.29) is 11.7 Å². The molecule has 0 saturated heterocycles. The molecule has 1 amide bonds. The fourth-order valence-corrected chi connectivity index (χ4v) is 3.95. The maximum atomic E-state index is 13.3. The van der Waals surface area contributed by atoms with Gasteiger partial charge in [0.25, 0.3) is 5.91 Å². The average Bonchev–Trinajstić information content (AvgIpc) is 3.12. The molecule has 3 aromatic carbocycles. The molecule has 0 atom stereocenters. The molecule has 4 aromatic rings. The van der Waals surface area contributed by atoms with Crippen LogP contribution in [0.4, 0.5) is 10.8 Å². The van der Waals surface area contributed by atoms with E-state index in [1.165, 1.54) is 18.3 Å². The van der Waals surface area contributed by atoms with Gasteiger partial charge in [-0.15, -0.1) is 0 Å². The number of halogens is 1. The van der Waals surface area contributed by atoms with Crippen LogP contribution in [0.5, 0.6) is 0 Å². The van der Waals surface area contributed by atoms with Gasteiger partial charge in [0.2, 0.25) is 0 Å². The third-order valence-electron chi connectivity index (χ3n) is 4.30. The lowest BCUT2D eigenvalue weighted by molar-refractivity contribution is 0.0996. The minimum Gasteiger partial charge on any atom is -0.295 e. The van der Waals surface area contributed by atoms with Gasteiger partial charge < -0.3 is 0 Å². The normalized spacial score (nSPS) is 10.8. The van der Waals surface area contributed by atoms with Gasteiger partial charge in [-0.25, -0.2) is 4.98 Å². The SMILES string of the molecule is CC(=O)c1ccc(N(C(=O)c2ccc(Cl)cc2)c2nc3ccccc3s2)cc1. The number of nitrogens with zero attached hydrogens (tertiary/aromatic N) is 2. The van der Waals surface area contributed by atoms with Crippen molar-refractivity contribution in [3.63, 3.8) is 0 Å². The fraction of sp³-hybridized carbons (Fsp3) is 0.0455. The number of hydrogen-bond donors (Lipinski definition) is 0. The summed E-state index contributed by atoms with van der Waals surface area (Å²) in [5.74, 6) is -0.242. The molecule has 0 aliphatic carbocycles. The average molecular weight is 407 g/mol. The minimum atomic E-state index is -0.216. The first-order valence-electron chi connectivity index (χ1n) is 8.59. The zero-order valence-corrected chi connectivity index (χ0v) is 16.5. The zero-order chi connectivity index (χ0) is 19.7. The Kier molecular flexibility index (Phi) is 4.94. The van der Waals surface area contributed by atoms with Crippen molar-refractivity contribution in [1.82, 2.24) is 4.98 Å². The molecule has 0 N–H and O–H groups in total. The first kappa shape index (κ1) is 18.3. The van der Waals surface area contributed by atoms with E-state index in [4.69, 9.17) is 11.6 Å². The lowest BCUT2D eigenvalue weighted by Crippen LogP contribution is -2.25. The van der Waals surface area contributed by atoms with Crippen molar-refractivity contribution in [2.45, 2.75) is 6.92 Å². The van der Waals surface area contributed by atoms with Crippen molar-refractivity contribution in [2.75, 3.05) is 4.90 Å². The smallest absolute Gasteiger partial charge is 0.264 e. The Hall–Kier alpha value is -3.02. The van der Waals surface area contributed by atoms with Gasteiger partial charge in [-0.3, -0.25) is 14.5 Å². The van der Waals surface area contributed by atoms with E-state index in [9.17, 15) is 9.59 Å². The molecule has 0 aliphatic heterocycles. The molecule has 0 spiro atoms. The number of fused-ring (bicyclic) bond motifs is 1. The van der Waals surface area contributed by atoms with Crippen molar-refractivity contribution in [3.05, 3.63) is 88.9 Å². The van der Waals surface area contributed by atoms with Crippen molar-refractivity contribution < 1.29 is 9.59 Å². The molecule has 1 heterocycles. The van der Waals surface area contributed by atoms with Gasteiger partial charge in [-0.1, -0.05) is 35.1 Å². The summed E-state index contributed by atoms with van der Waals surface area (Å²) < 4.78 is 0.992. The monoisotopic (exact) mass is 406 g/mol. The molecule has 28 heavy (non-hydrogen) atoms. The van der Waals surface area contributed by atoms with Crippen LogP contribution in [0, 0.1) is 0 Å². The van der Waals surface area contributed by atoms with Gasteiger partial charge in [0.15, 0.2) is 10.9 Å². The highest BCUT2D eigenvalue weighted by molar-refractivity contribution is 7.22. The van der Waals surface area contributed by atoms with Crippen LogP contribution in [0.1, 0.15) is 27.6 Å². The highest BCUT2D eigenvalue weighted by Crippen LogP contribution is 2.34. The van der Waals surface area contributed by atoms with Crippen LogP contribution < -0.4 is 4.90 Å².